The van der Waals surface area contributed by atoms with Gasteiger partial charge in [0.05, 0.1) is 6.42 Å². The number of nitrogens with two attached hydrogens (primary N) is 1. The second kappa shape index (κ2) is 5.76. The molecule has 1 aromatic carbocycles. The summed E-state index contributed by atoms with van der Waals surface area (Å²) < 4.78 is 4.78. The summed E-state index contributed by atoms with van der Waals surface area (Å²) in [7, 11) is 0. The quantitative estimate of drug-likeness (QED) is 0.366. The Morgan fingerprint density at radius 2 is 2.21 bits per heavy atom. The molecule has 0 amide bonds. The van der Waals surface area contributed by atoms with Crippen LogP contribution >= 0.6 is 0 Å². The van der Waals surface area contributed by atoms with Gasteiger partial charge in [-0.25, -0.2) is 14.3 Å². The molecule has 0 saturated heterocycles. The van der Waals surface area contributed by atoms with Crippen LogP contribution in [-0.2, 0) is 16.1 Å². The van der Waals surface area contributed by atoms with E-state index in [1.807, 2.05) is 30.3 Å². The maximum Gasteiger partial charge on any atom is 0.416 e. The summed E-state index contributed by atoms with van der Waals surface area (Å²) >= 11 is 0. The van der Waals surface area contributed by atoms with E-state index in [9.17, 15) is 4.79 Å². The van der Waals surface area contributed by atoms with Gasteiger partial charge in [-0.3, -0.25) is 0 Å². The SMILES string of the molecule is Cc1[nH+]c(C(N)=NOC(=O)Cc2ccccc2)no1. The van der Waals surface area contributed by atoms with Crippen molar-refractivity contribution in [2.24, 2.45) is 10.9 Å². The molecule has 0 bridgehead atoms. The number of hydrogen-bond donors (Lipinski definition) is 1. The van der Waals surface area contributed by atoms with Gasteiger partial charge < -0.3 is 10.6 Å². The number of nitrogens with one attached hydrogen (secondary N) is 1. The van der Waals surface area contributed by atoms with Crippen LogP contribution in [0.5, 0.6) is 0 Å². The third kappa shape index (κ3) is 3.63. The smallest absolute Gasteiger partial charge is 0.374 e. The Labute approximate surface area is 109 Å². The number of oxime groups is 1. The number of amidine groups is 1. The molecule has 2 aromatic rings. The summed E-state index contributed by atoms with van der Waals surface area (Å²) in [6.07, 6.45) is 0.124. The van der Waals surface area contributed by atoms with Crippen LogP contribution in [0.25, 0.3) is 0 Å². The van der Waals surface area contributed by atoms with Gasteiger partial charge in [0.2, 0.25) is 0 Å². The molecule has 3 N–H and O–H groups in total. The summed E-state index contributed by atoms with van der Waals surface area (Å²) in [5.74, 6) is 0.126. The topological polar surface area (TPSA) is 105 Å². The second-order valence-electron chi connectivity index (χ2n) is 3.81. The Morgan fingerprint density at radius 3 is 2.84 bits per heavy atom. The molecule has 0 aliphatic heterocycles. The van der Waals surface area contributed by atoms with Gasteiger partial charge in [-0.05, 0) is 10.7 Å². The van der Waals surface area contributed by atoms with E-state index in [1.54, 1.807) is 6.92 Å². The third-order valence-corrected chi connectivity index (χ3v) is 2.25. The van der Waals surface area contributed by atoms with E-state index in [0.29, 0.717) is 5.89 Å². The van der Waals surface area contributed by atoms with Crippen LogP contribution in [0, 0.1) is 6.92 Å². The first-order chi connectivity index (χ1) is 9.15. The number of aryl methyl sites for hydroxylation is 1. The highest BCUT2D eigenvalue weighted by Crippen LogP contribution is 2.01. The molecule has 7 nitrogen and oxygen atoms in total. The van der Waals surface area contributed by atoms with Crippen LogP contribution in [0.3, 0.4) is 0 Å². The largest absolute Gasteiger partial charge is 0.416 e. The van der Waals surface area contributed by atoms with Crippen molar-refractivity contribution < 1.29 is 19.1 Å². The van der Waals surface area contributed by atoms with Crippen molar-refractivity contribution >= 4 is 11.8 Å². The number of H-pyrrole nitrogens is 1. The van der Waals surface area contributed by atoms with Gasteiger partial charge in [0.15, 0.2) is 5.16 Å². The lowest BCUT2D eigenvalue weighted by molar-refractivity contribution is -0.397. The molecule has 0 unspecified atom stereocenters. The van der Waals surface area contributed by atoms with Crippen molar-refractivity contribution in [3.05, 3.63) is 47.6 Å². The Kier molecular flexibility index (Phi) is 3.87. The lowest BCUT2D eigenvalue weighted by Crippen LogP contribution is -2.24. The fourth-order valence-electron chi connectivity index (χ4n) is 1.38. The first kappa shape index (κ1) is 12.7. The lowest BCUT2D eigenvalue weighted by atomic mass is 10.2. The molecular formula is C12H13N4O3+. The minimum absolute atomic E-state index is 0.0572. The normalized spacial score (nSPS) is 11.3. The summed E-state index contributed by atoms with van der Waals surface area (Å²) in [5, 5.41) is 7.09. The molecule has 1 heterocycles. The number of carbonyl (C=O) groups excluding carboxylic acids is 1. The number of aromatic nitrogens is 2. The van der Waals surface area contributed by atoms with Gasteiger partial charge in [-0.2, -0.15) is 0 Å². The molecule has 0 atom stereocenters. The van der Waals surface area contributed by atoms with E-state index in [1.165, 1.54) is 0 Å². The molecule has 0 radical (unpaired) electrons. The van der Waals surface area contributed by atoms with E-state index < -0.39 is 5.97 Å². The van der Waals surface area contributed by atoms with Crippen molar-refractivity contribution in [3.8, 4) is 0 Å². The average Bonchev–Trinajstić information content (AvgIpc) is 2.84. The van der Waals surface area contributed by atoms with E-state index in [2.05, 4.69) is 15.3 Å². The molecule has 0 aliphatic carbocycles. The lowest BCUT2D eigenvalue weighted by Gasteiger charge is -1.98. The summed E-state index contributed by atoms with van der Waals surface area (Å²) in [6.45, 7) is 1.67. The number of carbonyl (C=O) groups is 1. The van der Waals surface area contributed by atoms with Crippen molar-refractivity contribution in [2.45, 2.75) is 13.3 Å². The van der Waals surface area contributed by atoms with Gasteiger partial charge >= 0.3 is 17.7 Å². The molecule has 0 spiro atoms. The maximum absolute atomic E-state index is 11.5. The number of rotatable bonds is 4. The Balaban J connectivity index is 1.93. The predicted octanol–water partition coefficient (Wildman–Crippen LogP) is 0.203. The fourth-order valence-corrected chi connectivity index (χ4v) is 1.38. The monoisotopic (exact) mass is 261 g/mol. The van der Waals surface area contributed by atoms with Gasteiger partial charge in [-0.15, -0.1) is 0 Å². The minimum atomic E-state index is -0.505. The van der Waals surface area contributed by atoms with Crippen molar-refractivity contribution in [1.82, 2.24) is 5.16 Å². The highest BCUT2D eigenvalue weighted by Gasteiger charge is 2.17. The first-order valence-corrected chi connectivity index (χ1v) is 5.58. The van der Waals surface area contributed by atoms with Crippen LogP contribution in [0.15, 0.2) is 40.0 Å². The fraction of sp³-hybridized carbons (Fsp3) is 0.167. The van der Waals surface area contributed by atoms with Crippen molar-refractivity contribution in [3.63, 3.8) is 0 Å². The zero-order chi connectivity index (χ0) is 13.7. The zero-order valence-electron chi connectivity index (χ0n) is 10.3. The standard InChI is InChI=1S/C12H12N4O3/c1-8-14-12(16-18-8)11(13)15-19-10(17)7-9-5-3-2-4-6-9/h2-6H,7H2,1H3,(H2,13,15)/p+1. The predicted molar refractivity (Wildman–Crippen MR) is 64.8 cm³/mol. The van der Waals surface area contributed by atoms with E-state index in [0.717, 1.165) is 5.56 Å². The Bertz CT molecular complexity index is 592. The second-order valence-corrected chi connectivity index (χ2v) is 3.81. The van der Waals surface area contributed by atoms with E-state index >= 15 is 0 Å². The Hall–Kier alpha value is -2.70. The maximum atomic E-state index is 11.5. The number of hydrogen-bond acceptors (Lipinski definition) is 5. The van der Waals surface area contributed by atoms with Crippen molar-refractivity contribution in [1.29, 1.82) is 0 Å². The van der Waals surface area contributed by atoms with Crippen molar-refractivity contribution in [2.75, 3.05) is 0 Å². The first-order valence-electron chi connectivity index (χ1n) is 5.58. The molecule has 2 rings (SSSR count). The number of benzene rings is 1. The third-order valence-electron chi connectivity index (χ3n) is 2.25. The molecule has 0 aliphatic rings. The van der Waals surface area contributed by atoms with Gasteiger partial charge in [0.1, 0.15) is 0 Å². The van der Waals surface area contributed by atoms with E-state index in [-0.39, 0.29) is 18.1 Å². The van der Waals surface area contributed by atoms with Crippen LogP contribution in [-0.4, -0.2) is 17.0 Å². The molecular weight excluding hydrogens is 248 g/mol. The molecule has 98 valence electrons. The number of aromatic amines is 1. The zero-order valence-corrected chi connectivity index (χ0v) is 10.3. The molecule has 1 aromatic heterocycles. The van der Waals surface area contributed by atoms with Gasteiger partial charge in [0.25, 0.3) is 5.84 Å². The molecule has 7 heteroatoms. The van der Waals surface area contributed by atoms with Crippen LogP contribution < -0.4 is 10.7 Å². The summed E-state index contributed by atoms with van der Waals surface area (Å²) in [6, 6.07) is 9.20. The molecule has 0 fully saturated rings. The van der Waals surface area contributed by atoms with Crippen LogP contribution in [0.4, 0.5) is 0 Å². The van der Waals surface area contributed by atoms with Gasteiger partial charge in [-0.1, -0.05) is 30.3 Å². The van der Waals surface area contributed by atoms with Crippen LogP contribution in [0.1, 0.15) is 17.3 Å². The minimum Gasteiger partial charge on any atom is -0.374 e. The summed E-state index contributed by atoms with van der Waals surface area (Å²) in [4.78, 5) is 18.9. The summed E-state index contributed by atoms with van der Waals surface area (Å²) in [5.41, 5.74) is 6.41. The molecule has 19 heavy (non-hydrogen) atoms. The number of nitrogens with zero attached hydrogens (tertiary/aromatic N) is 2. The van der Waals surface area contributed by atoms with Crippen LogP contribution in [0.2, 0.25) is 0 Å². The average molecular weight is 261 g/mol. The Morgan fingerprint density at radius 1 is 1.47 bits per heavy atom. The molecule has 0 saturated carbocycles. The van der Waals surface area contributed by atoms with E-state index in [4.69, 9.17) is 15.1 Å². The van der Waals surface area contributed by atoms with Gasteiger partial charge in [0, 0.05) is 6.92 Å². The highest BCUT2D eigenvalue weighted by molar-refractivity contribution is 5.92. The highest BCUT2D eigenvalue weighted by atomic mass is 16.7.